The lowest BCUT2D eigenvalue weighted by Gasteiger charge is -2.15. The highest BCUT2D eigenvalue weighted by Gasteiger charge is 2.38. The molecule has 0 radical (unpaired) electrons. The number of aromatic nitrogens is 2. The highest BCUT2D eigenvalue weighted by atomic mass is 19.4. The highest BCUT2D eigenvalue weighted by Crippen LogP contribution is 2.35. The maximum Gasteiger partial charge on any atom is 0.423 e. The molecular formula is C15H13F6N3O. The zero-order chi connectivity index (χ0) is 18.7. The van der Waals surface area contributed by atoms with Crippen molar-refractivity contribution in [3.63, 3.8) is 0 Å². The number of anilines is 2. The second-order valence-corrected chi connectivity index (χ2v) is 4.99. The molecule has 4 nitrogen and oxygen atoms in total. The van der Waals surface area contributed by atoms with Gasteiger partial charge in [-0.05, 0) is 24.1 Å². The van der Waals surface area contributed by atoms with Crippen molar-refractivity contribution in [2.75, 3.05) is 11.9 Å². The van der Waals surface area contributed by atoms with E-state index in [1.807, 2.05) is 6.92 Å². The van der Waals surface area contributed by atoms with Crippen LogP contribution in [0, 0.1) is 0 Å². The molecule has 0 saturated carbocycles. The van der Waals surface area contributed by atoms with E-state index in [4.69, 9.17) is 0 Å². The molecule has 2 aromatic rings. The summed E-state index contributed by atoms with van der Waals surface area (Å²) in [6, 6.07) is 6.87. The molecule has 0 spiro atoms. The predicted molar refractivity (Wildman–Crippen MR) is 77.7 cm³/mol. The number of alkyl halides is 6. The maximum atomic E-state index is 12.8. The van der Waals surface area contributed by atoms with Crippen LogP contribution in [0.15, 0.2) is 30.5 Å². The number of hydrogen-bond acceptors (Lipinski definition) is 4. The third-order valence-electron chi connectivity index (χ3n) is 3.05. The van der Waals surface area contributed by atoms with Crippen LogP contribution in [0.1, 0.15) is 18.1 Å². The molecule has 0 atom stereocenters. The summed E-state index contributed by atoms with van der Waals surface area (Å²) in [6.45, 7) is 0.0589. The van der Waals surface area contributed by atoms with E-state index in [1.54, 1.807) is 24.3 Å². The maximum absolute atomic E-state index is 12.8. The quantitative estimate of drug-likeness (QED) is 0.778. The molecule has 0 fully saturated rings. The number of halogens is 6. The van der Waals surface area contributed by atoms with Gasteiger partial charge in [0.15, 0.2) is 6.61 Å². The minimum absolute atomic E-state index is 0.311. The monoisotopic (exact) mass is 365 g/mol. The third-order valence-corrected chi connectivity index (χ3v) is 3.05. The molecule has 10 heteroatoms. The molecule has 0 aliphatic rings. The largest absolute Gasteiger partial charge is 0.467 e. The first-order valence-electron chi connectivity index (χ1n) is 7.08. The minimum atomic E-state index is -4.94. The van der Waals surface area contributed by atoms with Gasteiger partial charge in [0.2, 0.25) is 11.8 Å². The molecule has 25 heavy (non-hydrogen) atoms. The molecule has 0 aliphatic heterocycles. The van der Waals surface area contributed by atoms with Crippen molar-refractivity contribution in [3.8, 4) is 5.88 Å². The van der Waals surface area contributed by atoms with Crippen LogP contribution in [0.2, 0.25) is 0 Å². The van der Waals surface area contributed by atoms with Gasteiger partial charge in [0.05, 0.1) is 0 Å². The second kappa shape index (κ2) is 7.16. The summed E-state index contributed by atoms with van der Waals surface area (Å²) in [6.07, 6.45) is -8.56. The first kappa shape index (κ1) is 18.8. The van der Waals surface area contributed by atoms with Crippen LogP contribution in [-0.4, -0.2) is 22.8 Å². The first-order chi connectivity index (χ1) is 11.6. The Kier molecular flexibility index (Phi) is 5.39. The Morgan fingerprint density at radius 3 is 2.20 bits per heavy atom. The number of benzene rings is 1. The van der Waals surface area contributed by atoms with Gasteiger partial charge in [-0.2, -0.15) is 31.3 Å². The van der Waals surface area contributed by atoms with Crippen LogP contribution in [0.3, 0.4) is 0 Å². The lowest BCUT2D eigenvalue weighted by Crippen LogP contribution is -2.22. The van der Waals surface area contributed by atoms with E-state index >= 15 is 0 Å². The van der Waals surface area contributed by atoms with Gasteiger partial charge in [-0.25, -0.2) is 4.98 Å². The van der Waals surface area contributed by atoms with Crippen molar-refractivity contribution < 1.29 is 31.1 Å². The Labute approximate surface area is 138 Å². The van der Waals surface area contributed by atoms with Gasteiger partial charge in [-0.1, -0.05) is 19.1 Å². The standard InChI is InChI=1S/C15H13F6N3O/c1-2-9-3-5-10(6-4-9)23-13-22-7-11(15(19,20)21)12(24-13)25-8-14(16,17)18/h3-7H,2,8H2,1H3,(H,22,23,24). The summed E-state index contributed by atoms with van der Waals surface area (Å²) >= 11 is 0. The average molecular weight is 365 g/mol. The summed E-state index contributed by atoms with van der Waals surface area (Å²) in [4.78, 5) is 6.90. The lowest BCUT2D eigenvalue weighted by molar-refractivity contribution is -0.159. The van der Waals surface area contributed by atoms with Gasteiger partial charge in [0, 0.05) is 11.9 Å². The van der Waals surface area contributed by atoms with Gasteiger partial charge in [-0.15, -0.1) is 0 Å². The topological polar surface area (TPSA) is 47.0 Å². The SMILES string of the molecule is CCc1ccc(Nc2ncc(C(F)(F)F)c(OCC(F)(F)F)n2)cc1. The number of nitrogens with one attached hydrogen (secondary N) is 1. The smallest absolute Gasteiger partial charge is 0.423 e. The fraction of sp³-hybridized carbons (Fsp3) is 0.333. The van der Waals surface area contributed by atoms with Crippen LogP contribution < -0.4 is 10.1 Å². The Morgan fingerprint density at radius 1 is 1.04 bits per heavy atom. The molecule has 2 rings (SSSR count). The Hall–Kier alpha value is -2.52. The first-order valence-corrected chi connectivity index (χ1v) is 7.08. The van der Waals surface area contributed by atoms with Gasteiger partial charge in [0.25, 0.3) is 0 Å². The van der Waals surface area contributed by atoms with Gasteiger partial charge >= 0.3 is 12.4 Å². The molecule has 0 bridgehead atoms. The number of rotatable bonds is 5. The van der Waals surface area contributed by atoms with E-state index in [-0.39, 0.29) is 5.95 Å². The number of ether oxygens (including phenoxy) is 1. The zero-order valence-electron chi connectivity index (χ0n) is 12.9. The van der Waals surface area contributed by atoms with Crippen molar-refractivity contribution in [2.24, 2.45) is 0 Å². The molecule has 1 heterocycles. The number of hydrogen-bond donors (Lipinski definition) is 1. The summed E-state index contributed by atoms with van der Waals surface area (Å²) in [5, 5.41) is 2.62. The van der Waals surface area contributed by atoms with Crippen LogP contribution in [-0.2, 0) is 12.6 Å². The van der Waals surface area contributed by atoms with Crippen molar-refractivity contribution in [2.45, 2.75) is 25.7 Å². The molecule has 1 N–H and O–H groups in total. The molecule has 0 aliphatic carbocycles. The van der Waals surface area contributed by atoms with Gasteiger partial charge in [-0.3, -0.25) is 0 Å². The number of aryl methyl sites for hydroxylation is 1. The Balaban J connectivity index is 2.26. The summed E-state index contributed by atoms with van der Waals surface area (Å²) < 4.78 is 79.4. The molecule has 0 amide bonds. The molecule has 1 aromatic carbocycles. The molecule has 0 unspecified atom stereocenters. The summed E-state index contributed by atoms with van der Waals surface area (Å²) in [5.41, 5.74) is 0.0236. The van der Waals surface area contributed by atoms with Crippen molar-refractivity contribution in [1.29, 1.82) is 0 Å². The predicted octanol–water partition coefficient (Wildman–Crippen LogP) is 4.74. The van der Waals surface area contributed by atoms with Gasteiger partial charge in [0.1, 0.15) is 5.56 Å². The van der Waals surface area contributed by atoms with E-state index in [2.05, 4.69) is 20.0 Å². The van der Waals surface area contributed by atoms with E-state index in [1.165, 1.54) is 0 Å². The molecular weight excluding hydrogens is 352 g/mol. The van der Waals surface area contributed by atoms with Crippen molar-refractivity contribution in [1.82, 2.24) is 9.97 Å². The molecule has 136 valence electrons. The average Bonchev–Trinajstić information content (AvgIpc) is 2.52. The second-order valence-electron chi connectivity index (χ2n) is 4.99. The van der Waals surface area contributed by atoms with Crippen molar-refractivity contribution >= 4 is 11.6 Å². The van der Waals surface area contributed by atoms with Crippen LogP contribution in [0.5, 0.6) is 5.88 Å². The van der Waals surface area contributed by atoms with E-state index < -0.39 is 30.4 Å². The van der Waals surface area contributed by atoms with Crippen LogP contribution in [0.25, 0.3) is 0 Å². The zero-order valence-corrected chi connectivity index (χ0v) is 12.9. The molecule has 0 saturated heterocycles. The lowest BCUT2D eigenvalue weighted by atomic mass is 10.1. The van der Waals surface area contributed by atoms with Crippen molar-refractivity contribution in [3.05, 3.63) is 41.6 Å². The van der Waals surface area contributed by atoms with Gasteiger partial charge < -0.3 is 10.1 Å². The van der Waals surface area contributed by atoms with E-state index in [9.17, 15) is 26.3 Å². The highest BCUT2D eigenvalue weighted by molar-refractivity contribution is 5.54. The van der Waals surface area contributed by atoms with E-state index in [0.717, 1.165) is 12.0 Å². The Morgan fingerprint density at radius 2 is 1.68 bits per heavy atom. The normalized spacial score (nSPS) is 12.1. The van der Waals surface area contributed by atoms with E-state index in [0.29, 0.717) is 11.9 Å². The summed E-state index contributed by atoms with van der Waals surface area (Å²) in [5.74, 6) is -1.50. The fourth-order valence-corrected chi connectivity index (χ4v) is 1.83. The third kappa shape index (κ3) is 5.50. The fourth-order valence-electron chi connectivity index (χ4n) is 1.83. The summed E-state index contributed by atoms with van der Waals surface area (Å²) in [7, 11) is 0. The molecule has 1 aromatic heterocycles. The minimum Gasteiger partial charge on any atom is -0.467 e. The van der Waals surface area contributed by atoms with Crippen LogP contribution in [0.4, 0.5) is 38.0 Å². The van der Waals surface area contributed by atoms with Crippen LogP contribution >= 0.6 is 0 Å². The number of nitrogens with zero attached hydrogens (tertiary/aromatic N) is 2. The Bertz CT molecular complexity index is 713.